The van der Waals surface area contributed by atoms with Crippen LogP contribution in [-0.4, -0.2) is 129 Å². The van der Waals surface area contributed by atoms with Gasteiger partial charge in [0.1, 0.15) is 23.9 Å². The van der Waals surface area contributed by atoms with E-state index in [1.807, 2.05) is 38.2 Å². The van der Waals surface area contributed by atoms with E-state index in [0.717, 1.165) is 44.4 Å². The number of pyridine rings is 1. The van der Waals surface area contributed by atoms with Crippen molar-refractivity contribution < 1.29 is 38.9 Å². The Balaban J connectivity index is 1.29. The first-order valence-corrected chi connectivity index (χ1v) is 23.1. The Morgan fingerprint density at radius 3 is 2.58 bits per heavy atom. The number of carbonyl (C=O) groups is 4. The maximum Gasteiger partial charge on any atom is 0.324 e. The molecule has 2 aromatic carbocycles. The van der Waals surface area contributed by atoms with Gasteiger partial charge in [-0.3, -0.25) is 34.1 Å². The fourth-order valence-corrected chi connectivity index (χ4v) is 10.1. The maximum absolute atomic E-state index is 14.7. The maximum atomic E-state index is 14.7. The number of phenolic OH excluding ortho intramolecular Hbond substituents is 1. The zero-order chi connectivity index (χ0) is 46.7. The Labute approximate surface area is 382 Å². The van der Waals surface area contributed by atoms with Gasteiger partial charge in [-0.1, -0.05) is 39.8 Å². The molecule has 4 aromatic rings. The van der Waals surface area contributed by atoms with E-state index in [1.165, 1.54) is 9.91 Å². The predicted octanol–water partition coefficient (Wildman–Crippen LogP) is 5.08. The number of aromatic nitrogens is 2. The summed E-state index contributed by atoms with van der Waals surface area (Å²) in [6.45, 7) is 14.8. The smallest absolute Gasteiger partial charge is 0.324 e. The van der Waals surface area contributed by atoms with Gasteiger partial charge < -0.3 is 34.5 Å². The van der Waals surface area contributed by atoms with Gasteiger partial charge in [0.05, 0.1) is 30.9 Å². The minimum Gasteiger partial charge on any atom is -0.508 e. The van der Waals surface area contributed by atoms with Crippen LogP contribution in [0.15, 0.2) is 54.9 Å². The number of carbonyl (C=O) groups excluding carboxylic acids is 4. The average molecular weight is 894 g/mol. The Kier molecular flexibility index (Phi) is 14.7. The molecule has 0 radical (unpaired) electrons. The second kappa shape index (κ2) is 20.0. The summed E-state index contributed by atoms with van der Waals surface area (Å²) in [5, 5.41) is 26.7. The third-order valence-electron chi connectivity index (χ3n) is 13.1. The van der Waals surface area contributed by atoms with E-state index in [1.54, 1.807) is 39.4 Å². The number of ether oxygens (including phenoxy) is 2. The molecule has 2 fully saturated rings. The van der Waals surface area contributed by atoms with Crippen molar-refractivity contribution in [2.24, 2.45) is 17.3 Å². The Hall–Kier alpha value is -5.35. The highest BCUT2D eigenvalue weighted by Crippen LogP contribution is 2.41. The van der Waals surface area contributed by atoms with Gasteiger partial charge in [0.2, 0.25) is 11.8 Å². The quantitative estimate of drug-likeness (QED) is 0.148. The first-order chi connectivity index (χ1) is 31.0. The van der Waals surface area contributed by atoms with Crippen molar-refractivity contribution in [2.45, 2.75) is 111 Å². The molecule has 2 saturated heterocycles. The lowest BCUT2D eigenvalue weighted by Crippen LogP contribution is -2.62. The van der Waals surface area contributed by atoms with Crippen molar-refractivity contribution in [1.82, 2.24) is 35.1 Å². The van der Waals surface area contributed by atoms with Crippen LogP contribution in [0.3, 0.4) is 0 Å². The number of rotatable bonds is 11. The summed E-state index contributed by atoms with van der Waals surface area (Å²) in [5.74, 6) is -2.20. The van der Waals surface area contributed by atoms with E-state index in [4.69, 9.17) is 9.47 Å². The first-order valence-electron chi connectivity index (χ1n) is 23.1. The van der Waals surface area contributed by atoms with Crippen LogP contribution in [0.25, 0.3) is 33.3 Å². The summed E-state index contributed by atoms with van der Waals surface area (Å²) >= 11 is 0. The number of amides is 3. The lowest BCUT2D eigenvalue weighted by molar-refractivity contribution is -0.155. The molecule has 65 heavy (non-hydrogen) atoms. The zero-order valence-corrected chi connectivity index (χ0v) is 39.2. The fourth-order valence-electron chi connectivity index (χ4n) is 10.1. The topological polar surface area (TPSA) is 179 Å². The number of aromatic hydroxyl groups is 1. The molecule has 0 saturated carbocycles. The van der Waals surface area contributed by atoms with Gasteiger partial charge in [0.15, 0.2) is 0 Å². The highest BCUT2D eigenvalue weighted by Gasteiger charge is 2.40. The molecule has 0 unspecified atom stereocenters. The minimum absolute atomic E-state index is 0.00256. The number of likely N-dealkylation sites (N-methyl/N-ethyl adjacent to an activating group) is 1. The normalized spacial score (nSPS) is 21.5. The summed E-state index contributed by atoms with van der Waals surface area (Å²) in [5.41, 5.74) is 9.83. The number of likely N-dealkylation sites (tertiary alicyclic amines) is 1. The lowest BCUT2D eigenvalue weighted by Gasteiger charge is -2.37. The van der Waals surface area contributed by atoms with Crippen LogP contribution >= 0.6 is 0 Å². The van der Waals surface area contributed by atoms with Crippen molar-refractivity contribution in [2.75, 3.05) is 46.9 Å². The summed E-state index contributed by atoms with van der Waals surface area (Å²) in [6.07, 6.45) is 5.29. The Morgan fingerprint density at radius 1 is 1.08 bits per heavy atom. The molecule has 7 rings (SSSR count). The standard InChI is InChI=1S/C50H67N7O8/c1-9-56-43-13-12-33-23-38(43)39(45(56)40-25-51-16-14-35(40)28-64-8)24-50(5,6)29-65-49(63)41-11-10-17-57(53-41)48(62)42(21-32-19-36(33)22-37(59)20-32)52-46(60)44(30(2)3)54(7)47(61)34-15-18-55(27-34)26-31(4)58/h12-14,16,19-20,22-23,25,30-31,34,41-42,44,53,58-59H,9-11,15,17-18,21,24,26-29H2,1-8H3,(H,52,60)/t31-,34+,41+,42+,44+/m1/s1. The number of cyclic esters (lactones) is 1. The van der Waals surface area contributed by atoms with E-state index >= 15 is 0 Å². The number of hydrogen-bond acceptors (Lipinski definition) is 11. The molecule has 3 aliphatic heterocycles. The minimum atomic E-state index is -1.13. The van der Waals surface area contributed by atoms with Crippen LogP contribution in [-0.2, 0) is 54.6 Å². The Morgan fingerprint density at radius 2 is 1.86 bits per heavy atom. The average Bonchev–Trinajstić information content (AvgIpc) is 3.85. The number of nitrogens with zero attached hydrogens (tertiary/aromatic N) is 5. The molecule has 4 N–H and O–H groups in total. The number of fused-ring (bicyclic) bond motifs is 6. The van der Waals surface area contributed by atoms with Crippen LogP contribution in [0.4, 0.5) is 0 Å². The van der Waals surface area contributed by atoms with E-state index in [0.29, 0.717) is 70.6 Å². The summed E-state index contributed by atoms with van der Waals surface area (Å²) in [4.78, 5) is 65.2. The molecule has 5 heterocycles. The summed E-state index contributed by atoms with van der Waals surface area (Å²) in [6, 6.07) is 10.6. The number of phenols is 1. The molecular weight excluding hydrogens is 827 g/mol. The molecule has 0 spiro atoms. The van der Waals surface area contributed by atoms with Gasteiger partial charge >= 0.3 is 5.97 Å². The number of esters is 1. The second-order valence-electron chi connectivity index (χ2n) is 19.4. The summed E-state index contributed by atoms with van der Waals surface area (Å²) < 4.78 is 14.0. The third kappa shape index (κ3) is 10.5. The molecule has 6 bridgehead atoms. The van der Waals surface area contributed by atoms with E-state index in [9.17, 15) is 29.4 Å². The molecule has 350 valence electrons. The highest BCUT2D eigenvalue weighted by molar-refractivity contribution is 5.96. The van der Waals surface area contributed by atoms with Gasteiger partial charge in [-0.05, 0) is 110 Å². The zero-order valence-electron chi connectivity index (χ0n) is 39.2. The number of β-amino-alcohol motifs (C(OH)–C–C–N with tert-alkyl or cyclic N) is 1. The second-order valence-corrected chi connectivity index (χ2v) is 19.4. The van der Waals surface area contributed by atoms with Gasteiger partial charge in [-0.2, -0.15) is 0 Å². The number of hydrazine groups is 1. The molecular formula is C50H67N7O8. The van der Waals surface area contributed by atoms with Crippen LogP contribution in [0.1, 0.15) is 77.5 Å². The van der Waals surface area contributed by atoms with Crippen LogP contribution in [0.2, 0.25) is 0 Å². The molecule has 5 atom stereocenters. The van der Waals surface area contributed by atoms with Crippen molar-refractivity contribution in [3.63, 3.8) is 0 Å². The molecule has 2 aromatic heterocycles. The van der Waals surface area contributed by atoms with Gasteiger partial charge in [0, 0.05) is 81.0 Å². The van der Waals surface area contributed by atoms with Crippen molar-refractivity contribution >= 4 is 34.6 Å². The van der Waals surface area contributed by atoms with E-state index < -0.39 is 47.4 Å². The van der Waals surface area contributed by atoms with Crippen molar-refractivity contribution in [3.8, 4) is 28.1 Å². The predicted molar refractivity (Wildman–Crippen MR) is 248 cm³/mol. The lowest BCUT2D eigenvalue weighted by atomic mass is 9.84. The monoisotopic (exact) mass is 894 g/mol. The number of aliphatic hydroxyl groups excluding tert-OH is 1. The highest BCUT2D eigenvalue weighted by atomic mass is 16.5. The van der Waals surface area contributed by atoms with Gasteiger partial charge in [-0.15, -0.1) is 0 Å². The number of aliphatic hydroxyl groups is 1. The van der Waals surface area contributed by atoms with Crippen molar-refractivity contribution in [3.05, 3.63) is 71.5 Å². The SMILES string of the molecule is CCn1c(-c2cnccc2COC)c2c3cc(ccc31)-c1cc(O)cc(c1)C[C@H](NC(=O)[C@H](C(C)C)N(C)C(=O)[C@H]1CCN(C[C@@H](C)O)C1)C(=O)N1CCC[C@H](N1)C(=O)OCC(C)(C)C2. The Bertz CT molecular complexity index is 2390. The van der Waals surface area contributed by atoms with E-state index in [2.05, 4.69) is 58.1 Å². The fraction of sp³-hybridized carbons (Fsp3) is 0.540. The number of hydrogen-bond donors (Lipinski definition) is 4. The first kappa shape index (κ1) is 47.6. The number of nitrogens with one attached hydrogen (secondary N) is 2. The molecule has 0 aliphatic carbocycles. The van der Waals surface area contributed by atoms with Crippen LogP contribution < -0.4 is 10.7 Å². The van der Waals surface area contributed by atoms with Crippen LogP contribution in [0, 0.1) is 17.3 Å². The van der Waals surface area contributed by atoms with Gasteiger partial charge in [0.25, 0.3) is 5.91 Å². The molecule has 3 amide bonds. The van der Waals surface area contributed by atoms with E-state index in [-0.39, 0.29) is 36.5 Å². The van der Waals surface area contributed by atoms with Crippen molar-refractivity contribution in [1.29, 1.82) is 0 Å². The number of methoxy groups -OCH3 is 1. The number of aryl methyl sites for hydroxylation is 1. The van der Waals surface area contributed by atoms with Crippen LogP contribution in [0.5, 0.6) is 5.75 Å². The third-order valence-corrected chi connectivity index (χ3v) is 13.1. The van der Waals surface area contributed by atoms with Gasteiger partial charge in [-0.25, -0.2) is 5.43 Å². The number of benzene rings is 2. The molecule has 15 heteroatoms. The largest absolute Gasteiger partial charge is 0.508 e. The molecule has 15 nitrogen and oxygen atoms in total. The molecule has 3 aliphatic rings. The summed E-state index contributed by atoms with van der Waals surface area (Å²) in [7, 11) is 3.31.